The predicted molar refractivity (Wildman–Crippen MR) is 90.9 cm³/mol. The number of esters is 1. The van der Waals surface area contributed by atoms with E-state index in [1.54, 1.807) is 12.1 Å². The summed E-state index contributed by atoms with van der Waals surface area (Å²) >= 11 is 0. The number of carbonyl (C=O) groups excluding carboxylic acids is 1. The van der Waals surface area contributed by atoms with Gasteiger partial charge in [0.25, 0.3) is 0 Å². The lowest BCUT2D eigenvalue weighted by atomic mass is 10.0. The third-order valence-corrected chi connectivity index (χ3v) is 3.60. The van der Waals surface area contributed by atoms with Crippen molar-refractivity contribution in [3.63, 3.8) is 0 Å². The average molecular weight is 294 g/mol. The molecule has 2 aromatic rings. The van der Waals surface area contributed by atoms with E-state index in [1.807, 2.05) is 12.1 Å². The van der Waals surface area contributed by atoms with E-state index in [0.717, 1.165) is 18.1 Å². The molecule has 0 unspecified atom stereocenters. The summed E-state index contributed by atoms with van der Waals surface area (Å²) in [5, 5.41) is 0. The van der Waals surface area contributed by atoms with E-state index < -0.39 is 5.97 Å². The predicted octanol–water partition coefficient (Wildman–Crippen LogP) is 5.18. The Morgan fingerprint density at radius 2 is 1.59 bits per heavy atom. The lowest BCUT2D eigenvalue weighted by molar-refractivity contribution is -0.128. The molecule has 0 fully saturated rings. The number of carbonyl (C=O) groups is 1. The van der Waals surface area contributed by atoms with Crippen LogP contribution in [-0.4, -0.2) is 5.97 Å². The standard InChI is InChI=1S/C20H22O2/c1-3-5-6-7-16-8-10-17(11-9-16)18-12-14-19(15-13-18)22-20(21)4-2/h4,8-15H,2-3,5-7H2,1H3. The summed E-state index contributed by atoms with van der Waals surface area (Å²) < 4.78 is 5.07. The Bertz CT molecular complexity index is 609. The van der Waals surface area contributed by atoms with Crippen molar-refractivity contribution in [1.82, 2.24) is 0 Å². The number of hydrogen-bond donors (Lipinski definition) is 0. The summed E-state index contributed by atoms with van der Waals surface area (Å²) in [6.45, 7) is 5.60. The SMILES string of the molecule is C=CC(=O)Oc1ccc(-c2ccc(CCCCC)cc2)cc1. The summed E-state index contributed by atoms with van der Waals surface area (Å²) in [5.41, 5.74) is 3.66. The Morgan fingerprint density at radius 1 is 1.00 bits per heavy atom. The minimum atomic E-state index is -0.441. The van der Waals surface area contributed by atoms with Crippen LogP contribution in [0.25, 0.3) is 11.1 Å². The van der Waals surface area contributed by atoms with Gasteiger partial charge in [0.1, 0.15) is 5.75 Å². The van der Waals surface area contributed by atoms with Gasteiger partial charge < -0.3 is 4.74 Å². The maximum Gasteiger partial charge on any atom is 0.335 e. The Labute approximate surface area is 132 Å². The van der Waals surface area contributed by atoms with Crippen molar-refractivity contribution in [3.8, 4) is 16.9 Å². The van der Waals surface area contributed by atoms with Crippen LogP contribution >= 0.6 is 0 Å². The van der Waals surface area contributed by atoms with E-state index in [1.165, 1.54) is 30.4 Å². The molecule has 0 saturated carbocycles. The maximum atomic E-state index is 11.1. The number of ether oxygens (including phenoxy) is 1. The second-order valence-electron chi connectivity index (χ2n) is 5.30. The Kier molecular flexibility index (Phi) is 5.96. The summed E-state index contributed by atoms with van der Waals surface area (Å²) in [6.07, 6.45) is 6.09. The quantitative estimate of drug-likeness (QED) is 0.304. The van der Waals surface area contributed by atoms with Crippen molar-refractivity contribution in [3.05, 3.63) is 66.7 Å². The van der Waals surface area contributed by atoms with Crippen molar-refractivity contribution in [2.75, 3.05) is 0 Å². The van der Waals surface area contributed by atoms with Crippen LogP contribution in [-0.2, 0) is 11.2 Å². The van der Waals surface area contributed by atoms with E-state index in [0.29, 0.717) is 5.75 Å². The molecule has 2 heteroatoms. The minimum absolute atomic E-state index is 0.441. The molecular formula is C20H22O2. The van der Waals surface area contributed by atoms with Gasteiger partial charge in [0.05, 0.1) is 0 Å². The first kappa shape index (κ1) is 16.0. The number of aryl methyl sites for hydroxylation is 1. The third kappa shape index (κ3) is 4.59. The second kappa shape index (κ2) is 8.18. The molecule has 22 heavy (non-hydrogen) atoms. The van der Waals surface area contributed by atoms with E-state index in [-0.39, 0.29) is 0 Å². The van der Waals surface area contributed by atoms with Gasteiger partial charge in [-0.3, -0.25) is 0 Å². The molecule has 0 saturated heterocycles. The zero-order valence-electron chi connectivity index (χ0n) is 13.0. The fourth-order valence-corrected chi connectivity index (χ4v) is 2.32. The van der Waals surface area contributed by atoms with E-state index in [4.69, 9.17) is 4.74 Å². The molecule has 0 aliphatic rings. The molecule has 0 atom stereocenters. The van der Waals surface area contributed by atoms with Crippen LogP contribution < -0.4 is 4.74 Å². The lowest BCUT2D eigenvalue weighted by Crippen LogP contribution is -2.02. The van der Waals surface area contributed by atoms with Gasteiger partial charge in [0.15, 0.2) is 0 Å². The van der Waals surface area contributed by atoms with Crippen LogP contribution in [0.5, 0.6) is 5.75 Å². The third-order valence-electron chi connectivity index (χ3n) is 3.60. The summed E-state index contributed by atoms with van der Waals surface area (Å²) in [4.78, 5) is 11.1. The summed E-state index contributed by atoms with van der Waals surface area (Å²) in [7, 11) is 0. The average Bonchev–Trinajstić information content (AvgIpc) is 2.56. The van der Waals surface area contributed by atoms with Crippen molar-refractivity contribution in [2.24, 2.45) is 0 Å². The first-order valence-electron chi connectivity index (χ1n) is 7.76. The molecule has 0 aliphatic heterocycles. The van der Waals surface area contributed by atoms with Gasteiger partial charge in [0, 0.05) is 6.08 Å². The maximum absolute atomic E-state index is 11.1. The first-order valence-corrected chi connectivity index (χ1v) is 7.76. The van der Waals surface area contributed by atoms with Crippen molar-refractivity contribution >= 4 is 5.97 Å². The Hall–Kier alpha value is -2.35. The number of hydrogen-bond acceptors (Lipinski definition) is 2. The fraction of sp³-hybridized carbons (Fsp3) is 0.250. The molecule has 2 rings (SSSR count). The second-order valence-corrected chi connectivity index (χ2v) is 5.30. The largest absolute Gasteiger partial charge is 0.423 e. The summed E-state index contributed by atoms with van der Waals surface area (Å²) in [5.74, 6) is 0.0917. The van der Waals surface area contributed by atoms with E-state index >= 15 is 0 Å². The highest BCUT2D eigenvalue weighted by Crippen LogP contribution is 2.23. The summed E-state index contributed by atoms with van der Waals surface area (Å²) in [6, 6.07) is 16.2. The molecule has 0 amide bonds. The molecule has 0 aliphatic carbocycles. The molecule has 0 radical (unpaired) electrons. The fourth-order valence-electron chi connectivity index (χ4n) is 2.32. The molecule has 0 aromatic heterocycles. The van der Waals surface area contributed by atoms with Gasteiger partial charge in [-0.1, -0.05) is 62.7 Å². The molecule has 0 spiro atoms. The normalized spacial score (nSPS) is 10.2. The van der Waals surface area contributed by atoms with Crippen molar-refractivity contribution in [1.29, 1.82) is 0 Å². The highest BCUT2D eigenvalue weighted by atomic mass is 16.5. The Morgan fingerprint density at radius 3 is 2.14 bits per heavy atom. The smallest absolute Gasteiger partial charge is 0.335 e. The number of unbranched alkanes of at least 4 members (excludes halogenated alkanes) is 2. The van der Waals surface area contributed by atoms with Crippen LogP contribution in [0.2, 0.25) is 0 Å². The van der Waals surface area contributed by atoms with Gasteiger partial charge in [-0.2, -0.15) is 0 Å². The van der Waals surface area contributed by atoms with E-state index in [9.17, 15) is 4.79 Å². The molecule has 2 aromatic carbocycles. The lowest BCUT2D eigenvalue weighted by Gasteiger charge is -2.06. The molecule has 2 nitrogen and oxygen atoms in total. The van der Waals surface area contributed by atoms with Crippen LogP contribution in [0.1, 0.15) is 31.7 Å². The zero-order chi connectivity index (χ0) is 15.8. The number of benzene rings is 2. The van der Waals surface area contributed by atoms with Crippen molar-refractivity contribution in [2.45, 2.75) is 32.6 Å². The first-order chi connectivity index (χ1) is 10.7. The highest BCUT2D eigenvalue weighted by molar-refractivity contribution is 5.83. The molecule has 0 N–H and O–H groups in total. The van der Waals surface area contributed by atoms with Crippen molar-refractivity contribution < 1.29 is 9.53 Å². The zero-order valence-corrected chi connectivity index (χ0v) is 13.0. The topological polar surface area (TPSA) is 26.3 Å². The molecular weight excluding hydrogens is 272 g/mol. The van der Waals surface area contributed by atoms with E-state index in [2.05, 4.69) is 37.8 Å². The molecule has 114 valence electrons. The van der Waals surface area contributed by atoms with Gasteiger partial charge in [-0.05, 0) is 41.7 Å². The number of rotatable bonds is 7. The van der Waals surface area contributed by atoms with Crippen LogP contribution in [0.3, 0.4) is 0 Å². The Balaban J connectivity index is 2.02. The molecule has 0 heterocycles. The van der Waals surface area contributed by atoms with Crippen LogP contribution in [0.15, 0.2) is 61.2 Å². The van der Waals surface area contributed by atoms with Gasteiger partial charge >= 0.3 is 5.97 Å². The highest BCUT2D eigenvalue weighted by Gasteiger charge is 2.02. The van der Waals surface area contributed by atoms with Gasteiger partial charge in [0.2, 0.25) is 0 Å². The minimum Gasteiger partial charge on any atom is -0.423 e. The van der Waals surface area contributed by atoms with Gasteiger partial charge in [-0.15, -0.1) is 0 Å². The van der Waals surface area contributed by atoms with Crippen LogP contribution in [0.4, 0.5) is 0 Å². The van der Waals surface area contributed by atoms with Gasteiger partial charge in [-0.25, -0.2) is 4.79 Å². The molecule has 0 bridgehead atoms. The van der Waals surface area contributed by atoms with Crippen LogP contribution in [0, 0.1) is 0 Å². The monoisotopic (exact) mass is 294 g/mol.